The van der Waals surface area contributed by atoms with E-state index in [9.17, 15) is 13.2 Å². The maximum absolute atomic E-state index is 11.5. The Bertz CT molecular complexity index is 410. The van der Waals surface area contributed by atoms with Crippen molar-refractivity contribution in [2.24, 2.45) is 0 Å². The van der Waals surface area contributed by atoms with E-state index in [0.717, 1.165) is 16.7 Å². The van der Waals surface area contributed by atoms with Gasteiger partial charge >= 0.3 is 10.2 Å². The number of carbonyl (C=O) groups excluding carboxylic acids is 1. The van der Waals surface area contributed by atoms with E-state index in [1.807, 2.05) is 11.6 Å². The summed E-state index contributed by atoms with van der Waals surface area (Å²) in [5.74, 6) is -0.495. The molecule has 0 bridgehead atoms. The summed E-state index contributed by atoms with van der Waals surface area (Å²) in [5, 5.41) is 0. The number of nitrogens with zero attached hydrogens (tertiary/aromatic N) is 2. The van der Waals surface area contributed by atoms with Gasteiger partial charge in [-0.05, 0) is 6.42 Å². The zero-order chi connectivity index (χ0) is 11.3. The number of imidazole rings is 1. The molecule has 1 rings (SSSR count). The highest BCUT2D eigenvalue weighted by Gasteiger charge is 2.15. The van der Waals surface area contributed by atoms with Gasteiger partial charge in [0.05, 0.1) is 0 Å². The quantitative estimate of drug-likeness (QED) is 0.789. The van der Waals surface area contributed by atoms with Gasteiger partial charge < -0.3 is 0 Å². The van der Waals surface area contributed by atoms with Crippen LogP contribution in [0, 0.1) is 0 Å². The molecule has 84 valence electrons. The third-order valence-corrected chi connectivity index (χ3v) is 3.01. The van der Waals surface area contributed by atoms with Crippen LogP contribution in [0.2, 0.25) is 0 Å². The van der Waals surface area contributed by atoms with Crippen LogP contribution < -0.4 is 4.72 Å². The van der Waals surface area contributed by atoms with Gasteiger partial charge in [0.2, 0.25) is 5.91 Å². The molecule has 0 aliphatic carbocycles. The Morgan fingerprint density at radius 3 is 2.80 bits per heavy atom. The first-order valence-electron chi connectivity index (χ1n) is 4.60. The number of hydrogen-bond donors (Lipinski definition) is 1. The van der Waals surface area contributed by atoms with Crippen LogP contribution in [-0.2, 0) is 15.0 Å². The molecular formula is C8H13N3O3S. The molecule has 0 unspecified atom stereocenters. The van der Waals surface area contributed by atoms with Gasteiger partial charge in [-0.25, -0.2) is 13.7 Å². The van der Waals surface area contributed by atoms with Gasteiger partial charge in [-0.1, -0.05) is 13.3 Å². The van der Waals surface area contributed by atoms with Crippen LogP contribution in [0.25, 0.3) is 0 Å². The molecule has 1 aromatic heterocycles. The number of amides is 1. The van der Waals surface area contributed by atoms with Crippen molar-refractivity contribution in [1.82, 2.24) is 13.7 Å². The first-order chi connectivity index (χ1) is 7.06. The van der Waals surface area contributed by atoms with Crippen LogP contribution in [0.15, 0.2) is 18.7 Å². The lowest BCUT2D eigenvalue weighted by Gasteiger charge is -2.05. The lowest BCUT2D eigenvalue weighted by Crippen LogP contribution is -2.34. The monoisotopic (exact) mass is 231 g/mol. The molecule has 1 heterocycles. The van der Waals surface area contributed by atoms with E-state index in [4.69, 9.17) is 0 Å². The van der Waals surface area contributed by atoms with E-state index in [1.165, 1.54) is 12.4 Å². The molecule has 6 nitrogen and oxygen atoms in total. The second kappa shape index (κ2) is 4.92. The fourth-order valence-corrected chi connectivity index (χ4v) is 1.86. The molecule has 0 radical (unpaired) electrons. The Morgan fingerprint density at radius 1 is 1.53 bits per heavy atom. The third kappa shape index (κ3) is 3.35. The highest BCUT2D eigenvalue weighted by Crippen LogP contribution is 1.97. The van der Waals surface area contributed by atoms with E-state index in [-0.39, 0.29) is 6.42 Å². The molecule has 1 amide bonds. The summed E-state index contributed by atoms with van der Waals surface area (Å²) < 4.78 is 25.7. The van der Waals surface area contributed by atoms with E-state index >= 15 is 0 Å². The first-order valence-corrected chi connectivity index (χ1v) is 6.04. The number of unbranched alkanes of at least 4 members (excludes halogenated alkanes) is 1. The van der Waals surface area contributed by atoms with Crippen LogP contribution >= 0.6 is 0 Å². The van der Waals surface area contributed by atoms with Crippen molar-refractivity contribution < 1.29 is 13.2 Å². The minimum atomic E-state index is -3.79. The van der Waals surface area contributed by atoms with Crippen LogP contribution in [0.5, 0.6) is 0 Å². The summed E-state index contributed by atoms with van der Waals surface area (Å²) in [6.07, 6.45) is 5.44. The molecule has 15 heavy (non-hydrogen) atoms. The second-order valence-corrected chi connectivity index (χ2v) is 4.60. The van der Waals surface area contributed by atoms with Gasteiger partial charge in [0, 0.05) is 18.8 Å². The Hall–Kier alpha value is -1.37. The molecule has 0 aliphatic heterocycles. The first kappa shape index (κ1) is 11.7. The smallest absolute Gasteiger partial charge is 0.274 e. The van der Waals surface area contributed by atoms with Crippen molar-refractivity contribution in [3.63, 3.8) is 0 Å². The number of nitrogens with one attached hydrogen (secondary N) is 1. The minimum Gasteiger partial charge on any atom is -0.274 e. The Balaban J connectivity index is 2.62. The zero-order valence-electron chi connectivity index (χ0n) is 8.38. The van der Waals surface area contributed by atoms with Gasteiger partial charge in [-0.3, -0.25) is 4.79 Å². The van der Waals surface area contributed by atoms with Crippen molar-refractivity contribution in [2.45, 2.75) is 26.2 Å². The minimum absolute atomic E-state index is 0.213. The normalized spacial score (nSPS) is 11.3. The van der Waals surface area contributed by atoms with Gasteiger partial charge in [-0.15, -0.1) is 0 Å². The fraction of sp³-hybridized carbons (Fsp3) is 0.500. The predicted octanol–water partition coefficient (Wildman–Crippen LogP) is 0.282. The van der Waals surface area contributed by atoms with E-state index in [0.29, 0.717) is 6.42 Å². The highest BCUT2D eigenvalue weighted by atomic mass is 32.2. The molecule has 0 atom stereocenters. The van der Waals surface area contributed by atoms with Gasteiger partial charge in [0.25, 0.3) is 0 Å². The summed E-state index contributed by atoms with van der Waals surface area (Å²) in [7, 11) is -3.79. The van der Waals surface area contributed by atoms with E-state index in [2.05, 4.69) is 4.98 Å². The van der Waals surface area contributed by atoms with Gasteiger partial charge in [0.1, 0.15) is 6.33 Å². The van der Waals surface area contributed by atoms with Gasteiger partial charge in [-0.2, -0.15) is 8.42 Å². The number of aromatic nitrogens is 2. The third-order valence-electron chi connectivity index (χ3n) is 1.76. The topological polar surface area (TPSA) is 81.1 Å². The molecular weight excluding hydrogens is 218 g/mol. The van der Waals surface area contributed by atoms with Crippen molar-refractivity contribution in [1.29, 1.82) is 0 Å². The molecule has 0 spiro atoms. The van der Waals surface area contributed by atoms with Crippen LogP contribution in [0.3, 0.4) is 0 Å². The average Bonchev–Trinajstić information content (AvgIpc) is 2.67. The SMILES string of the molecule is CCCCC(=O)NS(=O)(=O)n1ccnc1. The maximum atomic E-state index is 11.5. The van der Waals surface area contributed by atoms with Crippen LogP contribution in [0.1, 0.15) is 26.2 Å². The van der Waals surface area contributed by atoms with Crippen LogP contribution in [0.4, 0.5) is 0 Å². The summed E-state index contributed by atoms with van der Waals surface area (Å²) >= 11 is 0. The molecule has 0 saturated heterocycles. The molecule has 0 fully saturated rings. The number of hydrogen-bond acceptors (Lipinski definition) is 4. The zero-order valence-corrected chi connectivity index (χ0v) is 9.20. The maximum Gasteiger partial charge on any atom is 0.330 e. The van der Waals surface area contributed by atoms with Crippen LogP contribution in [-0.4, -0.2) is 23.3 Å². The Kier molecular flexibility index (Phi) is 3.84. The van der Waals surface area contributed by atoms with Crippen molar-refractivity contribution in [3.8, 4) is 0 Å². The molecule has 1 aromatic rings. The molecule has 7 heteroatoms. The standard InChI is InChI=1S/C8H13N3O3S/c1-2-3-4-8(12)10-15(13,14)11-6-5-9-7-11/h5-7H,2-4H2,1H3,(H,10,12). The molecule has 0 aromatic carbocycles. The summed E-state index contributed by atoms with van der Waals surface area (Å²) in [5.41, 5.74) is 0. The van der Waals surface area contributed by atoms with Gasteiger partial charge in [0.15, 0.2) is 0 Å². The number of rotatable bonds is 5. The fourth-order valence-electron chi connectivity index (χ4n) is 0.974. The number of carbonyl (C=O) groups is 1. The lowest BCUT2D eigenvalue weighted by molar-refractivity contribution is -0.119. The molecule has 0 saturated carbocycles. The molecule has 0 aliphatic rings. The second-order valence-electron chi connectivity index (χ2n) is 3.03. The Morgan fingerprint density at radius 2 is 2.27 bits per heavy atom. The lowest BCUT2D eigenvalue weighted by atomic mass is 10.2. The summed E-state index contributed by atoms with van der Waals surface area (Å²) in [6.45, 7) is 1.93. The van der Waals surface area contributed by atoms with Crippen molar-refractivity contribution in [2.75, 3.05) is 0 Å². The Labute approximate surface area is 88.5 Å². The van der Waals surface area contributed by atoms with E-state index in [1.54, 1.807) is 0 Å². The van der Waals surface area contributed by atoms with E-state index < -0.39 is 16.1 Å². The summed E-state index contributed by atoms with van der Waals surface area (Å²) in [6, 6.07) is 0. The van der Waals surface area contributed by atoms with Crippen molar-refractivity contribution in [3.05, 3.63) is 18.7 Å². The molecule has 1 N–H and O–H groups in total. The van der Waals surface area contributed by atoms with Crippen molar-refractivity contribution >= 4 is 16.1 Å². The predicted molar refractivity (Wildman–Crippen MR) is 54.2 cm³/mol. The highest BCUT2D eigenvalue weighted by molar-refractivity contribution is 7.88. The summed E-state index contributed by atoms with van der Waals surface area (Å²) in [4.78, 5) is 14.8. The largest absolute Gasteiger partial charge is 0.330 e. The average molecular weight is 231 g/mol.